The Bertz CT molecular complexity index is 405. The standard InChI is InChI=1S/C10H8ClFOS/c1-5-10(13)6-2-3-8(12)9(11)7(6)4-14-5/h2-3,5H,4H2,1H3. The Morgan fingerprint density at radius 2 is 2.29 bits per heavy atom. The first-order chi connectivity index (χ1) is 6.61. The topological polar surface area (TPSA) is 17.1 Å². The van der Waals surface area contributed by atoms with Gasteiger partial charge < -0.3 is 0 Å². The van der Waals surface area contributed by atoms with Crippen molar-refractivity contribution >= 4 is 29.1 Å². The van der Waals surface area contributed by atoms with Gasteiger partial charge in [0.1, 0.15) is 5.82 Å². The lowest BCUT2D eigenvalue weighted by Crippen LogP contribution is -2.20. The van der Waals surface area contributed by atoms with Gasteiger partial charge in [-0.1, -0.05) is 11.6 Å². The van der Waals surface area contributed by atoms with Crippen LogP contribution in [0.5, 0.6) is 0 Å². The van der Waals surface area contributed by atoms with E-state index in [4.69, 9.17) is 11.6 Å². The van der Waals surface area contributed by atoms with E-state index in [-0.39, 0.29) is 16.1 Å². The van der Waals surface area contributed by atoms with Crippen LogP contribution < -0.4 is 0 Å². The summed E-state index contributed by atoms with van der Waals surface area (Å²) in [7, 11) is 0. The molecule has 0 bridgehead atoms. The minimum atomic E-state index is -0.451. The molecule has 0 aromatic heterocycles. The summed E-state index contributed by atoms with van der Waals surface area (Å²) >= 11 is 7.27. The van der Waals surface area contributed by atoms with Gasteiger partial charge in [-0.2, -0.15) is 0 Å². The lowest BCUT2D eigenvalue weighted by Gasteiger charge is -2.20. The molecule has 0 spiro atoms. The summed E-state index contributed by atoms with van der Waals surface area (Å²) in [4.78, 5) is 11.7. The molecule has 1 unspecified atom stereocenters. The molecule has 0 N–H and O–H groups in total. The summed E-state index contributed by atoms with van der Waals surface area (Å²) in [6, 6.07) is 2.77. The predicted molar refractivity (Wildman–Crippen MR) is 56.5 cm³/mol. The SMILES string of the molecule is CC1SCc2c(ccc(F)c2Cl)C1=O. The maximum Gasteiger partial charge on any atom is 0.175 e. The normalized spacial score (nSPS) is 20.8. The van der Waals surface area contributed by atoms with Crippen LogP contribution in [0.15, 0.2) is 12.1 Å². The van der Waals surface area contributed by atoms with Crippen LogP contribution in [0.1, 0.15) is 22.8 Å². The number of hydrogen-bond acceptors (Lipinski definition) is 2. The van der Waals surface area contributed by atoms with E-state index in [2.05, 4.69) is 0 Å². The van der Waals surface area contributed by atoms with Crippen LogP contribution in [-0.4, -0.2) is 11.0 Å². The van der Waals surface area contributed by atoms with E-state index in [1.54, 1.807) is 0 Å². The molecule has 1 nitrogen and oxygen atoms in total. The van der Waals surface area contributed by atoms with Gasteiger partial charge in [0.2, 0.25) is 0 Å². The molecule has 74 valence electrons. The highest BCUT2D eigenvalue weighted by Gasteiger charge is 2.26. The van der Waals surface area contributed by atoms with E-state index in [0.717, 1.165) is 0 Å². The van der Waals surface area contributed by atoms with Crippen LogP contribution in [0, 0.1) is 5.82 Å². The van der Waals surface area contributed by atoms with Crippen molar-refractivity contribution in [3.63, 3.8) is 0 Å². The molecule has 0 saturated carbocycles. The summed E-state index contributed by atoms with van der Waals surface area (Å²) in [6.07, 6.45) is 0. The number of carbonyl (C=O) groups is 1. The number of fused-ring (bicyclic) bond motifs is 1. The molecule has 1 aliphatic heterocycles. The van der Waals surface area contributed by atoms with Crippen LogP contribution in [0.25, 0.3) is 0 Å². The van der Waals surface area contributed by atoms with E-state index in [1.165, 1.54) is 23.9 Å². The van der Waals surface area contributed by atoms with Crippen molar-refractivity contribution in [1.29, 1.82) is 0 Å². The summed E-state index contributed by atoms with van der Waals surface area (Å²) in [6.45, 7) is 1.85. The van der Waals surface area contributed by atoms with Crippen molar-refractivity contribution in [2.45, 2.75) is 17.9 Å². The smallest absolute Gasteiger partial charge is 0.175 e. The number of benzene rings is 1. The van der Waals surface area contributed by atoms with Crippen molar-refractivity contribution < 1.29 is 9.18 Å². The van der Waals surface area contributed by atoms with Crippen molar-refractivity contribution in [3.05, 3.63) is 34.1 Å². The number of hydrogen-bond donors (Lipinski definition) is 0. The molecule has 14 heavy (non-hydrogen) atoms. The van der Waals surface area contributed by atoms with E-state index < -0.39 is 5.82 Å². The maximum atomic E-state index is 13.1. The molecule has 1 aromatic rings. The van der Waals surface area contributed by atoms with Gasteiger partial charge in [-0.15, -0.1) is 11.8 Å². The highest BCUT2D eigenvalue weighted by molar-refractivity contribution is 8.00. The predicted octanol–water partition coefficient (Wildman–Crippen LogP) is 3.30. The van der Waals surface area contributed by atoms with Gasteiger partial charge in [-0.25, -0.2) is 4.39 Å². The largest absolute Gasteiger partial charge is 0.293 e. The van der Waals surface area contributed by atoms with Gasteiger partial charge in [-0.05, 0) is 24.6 Å². The molecule has 1 atom stereocenters. The van der Waals surface area contributed by atoms with Crippen molar-refractivity contribution in [2.24, 2.45) is 0 Å². The van der Waals surface area contributed by atoms with Crippen LogP contribution in [0.2, 0.25) is 5.02 Å². The first-order valence-corrected chi connectivity index (χ1v) is 5.66. The number of thioether (sulfide) groups is 1. The van der Waals surface area contributed by atoms with Crippen LogP contribution in [0.4, 0.5) is 4.39 Å². The summed E-state index contributed by atoms with van der Waals surface area (Å²) in [5, 5.41) is 0.0410. The van der Waals surface area contributed by atoms with Gasteiger partial charge in [-0.3, -0.25) is 4.79 Å². The van der Waals surface area contributed by atoms with Crippen LogP contribution in [0.3, 0.4) is 0 Å². The Kier molecular flexibility index (Phi) is 2.54. The van der Waals surface area contributed by atoms with Gasteiger partial charge in [0.15, 0.2) is 5.78 Å². The lowest BCUT2D eigenvalue weighted by atomic mass is 10.0. The molecular formula is C10H8ClFOS. The fraction of sp³-hybridized carbons (Fsp3) is 0.300. The fourth-order valence-corrected chi connectivity index (χ4v) is 2.77. The Labute approximate surface area is 90.6 Å². The molecule has 0 fully saturated rings. The second-order valence-corrected chi connectivity index (χ2v) is 4.91. The Balaban J connectivity index is 2.59. The average molecular weight is 231 g/mol. The minimum absolute atomic E-state index is 0.0400. The molecule has 0 aliphatic carbocycles. The molecular weight excluding hydrogens is 223 g/mol. The molecule has 0 saturated heterocycles. The number of Topliss-reactive ketones (excluding diaryl/α,β-unsaturated/α-hetero) is 1. The third-order valence-electron chi connectivity index (χ3n) is 2.31. The summed E-state index contributed by atoms with van der Waals surface area (Å²) in [5.41, 5.74) is 1.21. The van der Waals surface area contributed by atoms with E-state index in [1.807, 2.05) is 6.92 Å². The zero-order chi connectivity index (χ0) is 10.3. The third kappa shape index (κ3) is 1.44. The molecule has 0 amide bonds. The third-order valence-corrected chi connectivity index (χ3v) is 3.89. The summed E-state index contributed by atoms with van der Waals surface area (Å²) in [5.74, 6) is 0.199. The molecule has 2 rings (SSSR count). The number of halogens is 2. The zero-order valence-corrected chi connectivity index (χ0v) is 9.08. The van der Waals surface area contributed by atoms with Crippen LogP contribution >= 0.6 is 23.4 Å². The van der Waals surface area contributed by atoms with Gasteiger partial charge in [0.05, 0.1) is 10.3 Å². The van der Waals surface area contributed by atoms with E-state index in [9.17, 15) is 9.18 Å². The van der Waals surface area contributed by atoms with Gasteiger partial charge >= 0.3 is 0 Å². The Morgan fingerprint density at radius 1 is 1.57 bits per heavy atom. The minimum Gasteiger partial charge on any atom is -0.293 e. The second-order valence-electron chi connectivity index (χ2n) is 3.20. The average Bonchev–Trinajstić information content (AvgIpc) is 2.17. The number of carbonyl (C=O) groups excluding carboxylic acids is 1. The fourth-order valence-electron chi connectivity index (χ4n) is 1.47. The second kappa shape index (κ2) is 3.55. The first-order valence-electron chi connectivity index (χ1n) is 4.24. The van der Waals surface area contributed by atoms with E-state index in [0.29, 0.717) is 16.9 Å². The van der Waals surface area contributed by atoms with Crippen molar-refractivity contribution in [1.82, 2.24) is 0 Å². The maximum absolute atomic E-state index is 13.1. The first kappa shape index (κ1) is 9.99. The number of rotatable bonds is 0. The van der Waals surface area contributed by atoms with E-state index >= 15 is 0 Å². The highest BCUT2D eigenvalue weighted by Crippen LogP contribution is 2.35. The number of ketones is 1. The summed E-state index contributed by atoms with van der Waals surface area (Å²) < 4.78 is 13.1. The lowest BCUT2D eigenvalue weighted by molar-refractivity contribution is 0.0991. The molecule has 1 aromatic carbocycles. The zero-order valence-electron chi connectivity index (χ0n) is 7.51. The Morgan fingerprint density at radius 3 is 3.00 bits per heavy atom. The van der Waals surface area contributed by atoms with Crippen molar-refractivity contribution in [2.75, 3.05) is 0 Å². The monoisotopic (exact) mass is 230 g/mol. The van der Waals surface area contributed by atoms with Crippen LogP contribution in [-0.2, 0) is 5.75 Å². The Hall–Kier alpha value is -0.540. The molecule has 1 heterocycles. The quantitative estimate of drug-likeness (QED) is 0.680. The van der Waals surface area contributed by atoms with Gasteiger partial charge in [0, 0.05) is 11.3 Å². The molecule has 1 aliphatic rings. The molecule has 0 radical (unpaired) electrons. The highest BCUT2D eigenvalue weighted by atomic mass is 35.5. The molecule has 4 heteroatoms. The van der Waals surface area contributed by atoms with Crippen molar-refractivity contribution in [3.8, 4) is 0 Å². The van der Waals surface area contributed by atoms with Gasteiger partial charge in [0.25, 0.3) is 0 Å².